The number of amides is 1. The quantitative estimate of drug-likeness (QED) is 0.309. The number of nitrogens with one attached hydrogen (secondary N) is 1. The molecule has 0 aliphatic carbocycles. The van der Waals surface area contributed by atoms with Gasteiger partial charge < -0.3 is 4.42 Å². The van der Waals surface area contributed by atoms with E-state index in [1.165, 1.54) is 30.6 Å². The van der Waals surface area contributed by atoms with Crippen LogP contribution in [0.15, 0.2) is 58.2 Å². The van der Waals surface area contributed by atoms with E-state index in [9.17, 15) is 14.9 Å². The molecule has 0 unspecified atom stereocenters. The number of hydrazone groups is 1. The number of hydrogen-bond donors (Lipinski definition) is 1. The Labute approximate surface area is 158 Å². The number of nitrogens with zero attached hydrogens (tertiary/aromatic N) is 3. The van der Waals surface area contributed by atoms with E-state index in [4.69, 9.17) is 16.0 Å². The summed E-state index contributed by atoms with van der Waals surface area (Å²) >= 11 is 5.85. The third kappa shape index (κ3) is 4.18. The van der Waals surface area contributed by atoms with Crippen molar-refractivity contribution in [3.05, 3.63) is 80.8 Å². The van der Waals surface area contributed by atoms with E-state index < -0.39 is 10.8 Å². The van der Waals surface area contributed by atoms with Crippen molar-refractivity contribution < 1.29 is 14.1 Å². The van der Waals surface area contributed by atoms with Crippen LogP contribution in [0.1, 0.15) is 21.7 Å². The van der Waals surface area contributed by atoms with Crippen LogP contribution in [0.25, 0.3) is 11.3 Å². The van der Waals surface area contributed by atoms with Gasteiger partial charge in [-0.15, -0.1) is 0 Å². The van der Waals surface area contributed by atoms with Crippen molar-refractivity contribution in [3.63, 3.8) is 0 Å². The summed E-state index contributed by atoms with van der Waals surface area (Å²) in [6.07, 6.45) is 2.82. The van der Waals surface area contributed by atoms with Crippen LogP contribution in [0.2, 0.25) is 5.15 Å². The number of benzene rings is 1. The standard InChI is InChI=1S/C18H13ClN4O4/c1-11-9-12(23(25)26)4-6-14(11)16-7-5-13(27-16)10-21-22-18(24)15-3-2-8-20-17(15)19/h2-10H,1H3,(H,22,24)/b21-10+. The number of furan rings is 1. The highest BCUT2D eigenvalue weighted by atomic mass is 35.5. The van der Waals surface area contributed by atoms with Gasteiger partial charge in [0, 0.05) is 23.9 Å². The molecule has 0 radical (unpaired) electrons. The molecule has 1 amide bonds. The predicted octanol–water partition coefficient (Wildman–Crippen LogP) is 3.98. The fourth-order valence-electron chi connectivity index (χ4n) is 2.38. The summed E-state index contributed by atoms with van der Waals surface area (Å²) < 4.78 is 5.65. The molecule has 0 bridgehead atoms. The normalized spacial score (nSPS) is 10.9. The molecule has 3 rings (SSSR count). The molecule has 136 valence electrons. The highest BCUT2D eigenvalue weighted by Gasteiger charge is 2.12. The fraction of sp³-hybridized carbons (Fsp3) is 0.0556. The largest absolute Gasteiger partial charge is 0.455 e. The van der Waals surface area contributed by atoms with Crippen molar-refractivity contribution in [1.82, 2.24) is 10.4 Å². The molecule has 0 saturated heterocycles. The molecular weight excluding hydrogens is 372 g/mol. The van der Waals surface area contributed by atoms with Crippen LogP contribution in [-0.4, -0.2) is 22.0 Å². The van der Waals surface area contributed by atoms with Crippen molar-refractivity contribution >= 4 is 29.4 Å². The molecule has 0 spiro atoms. The Kier molecular flexibility index (Phi) is 5.28. The van der Waals surface area contributed by atoms with Crippen molar-refractivity contribution in [1.29, 1.82) is 0 Å². The SMILES string of the molecule is Cc1cc([N+](=O)[O-])ccc1-c1ccc(/C=N/NC(=O)c2cccnc2Cl)o1. The first kappa shape index (κ1) is 18.3. The molecule has 3 aromatic rings. The summed E-state index contributed by atoms with van der Waals surface area (Å²) in [6, 6.07) is 11.0. The minimum atomic E-state index is -0.498. The maximum atomic E-state index is 12.0. The highest BCUT2D eigenvalue weighted by molar-refractivity contribution is 6.32. The molecule has 2 aromatic heterocycles. The smallest absolute Gasteiger partial charge is 0.274 e. The molecule has 1 aromatic carbocycles. The number of hydrogen-bond acceptors (Lipinski definition) is 6. The van der Waals surface area contributed by atoms with Gasteiger partial charge in [0.25, 0.3) is 11.6 Å². The second-order valence-corrected chi connectivity index (χ2v) is 5.86. The maximum Gasteiger partial charge on any atom is 0.274 e. The van der Waals surface area contributed by atoms with E-state index in [0.29, 0.717) is 17.1 Å². The lowest BCUT2D eigenvalue weighted by molar-refractivity contribution is -0.384. The zero-order valence-corrected chi connectivity index (χ0v) is 14.8. The number of pyridine rings is 1. The number of halogens is 1. The lowest BCUT2D eigenvalue weighted by Gasteiger charge is -2.02. The summed E-state index contributed by atoms with van der Waals surface area (Å²) in [6.45, 7) is 1.76. The minimum absolute atomic E-state index is 0.0152. The molecule has 0 aliphatic heterocycles. The lowest BCUT2D eigenvalue weighted by Crippen LogP contribution is -2.18. The molecule has 0 atom stereocenters. The second kappa shape index (κ2) is 7.79. The number of rotatable bonds is 5. The summed E-state index contributed by atoms with van der Waals surface area (Å²) in [5.74, 6) is 0.438. The van der Waals surface area contributed by atoms with Crippen LogP contribution < -0.4 is 5.43 Å². The fourth-order valence-corrected chi connectivity index (χ4v) is 2.58. The van der Waals surface area contributed by atoms with Crippen molar-refractivity contribution in [2.45, 2.75) is 6.92 Å². The number of nitro groups is 1. The van der Waals surface area contributed by atoms with E-state index in [-0.39, 0.29) is 16.4 Å². The van der Waals surface area contributed by atoms with Crippen LogP contribution in [0.5, 0.6) is 0 Å². The van der Waals surface area contributed by atoms with Crippen LogP contribution in [0.3, 0.4) is 0 Å². The molecule has 1 N–H and O–H groups in total. The molecule has 0 saturated carbocycles. The number of aryl methyl sites for hydroxylation is 1. The molecule has 0 aliphatic rings. The van der Waals surface area contributed by atoms with E-state index in [0.717, 1.165) is 5.56 Å². The van der Waals surface area contributed by atoms with Crippen molar-refractivity contribution in [2.24, 2.45) is 5.10 Å². The first-order valence-electron chi connectivity index (χ1n) is 7.75. The average molecular weight is 385 g/mol. The van der Waals surface area contributed by atoms with E-state index in [1.807, 2.05) is 0 Å². The summed E-state index contributed by atoms with van der Waals surface area (Å²) in [4.78, 5) is 26.2. The predicted molar refractivity (Wildman–Crippen MR) is 99.8 cm³/mol. The van der Waals surface area contributed by atoms with E-state index >= 15 is 0 Å². The van der Waals surface area contributed by atoms with Gasteiger partial charge in [0.05, 0.1) is 16.7 Å². The number of non-ortho nitro benzene ring substituents is 1. The minimum Gasteiger partial charge on any atom is -0.455 e. The van der Waals surface area contributed by atoms with Crippen molar-refractivity contribution in [3.8, 4) is 11.3 Å². The molecule has 2 heterocycles. The maximum absolute atomic E-state index is 12.0. The number of carbonyl (C=O) groups excluding carboxylic acids is 1. The lowest BCUT2D eigenvalue weighted by atomic mass is 10.1. The second-order valence-electron chi connectivity index (χ2n) is 5.50. The Balaban J connectivity index is 1.71. The Morgan fingerprint density at radius 1 is 1.33 bits per heavy atom. The number of nitro benzene ring substituents is 1. The Hall–Kier alpha value is -3.52. The first-order valence-corrected chi connectivity index (χ1v) is 8.12. The monoisotopic (exact) mass is 384 g/mol. The van der Waals surface area contributed by atoms with Gasteiger partial charge in [-0.1, -0.05) is 11.6 Å². The summed E-state index contributed by atoms with van der Waals surface area (Å²) in [5, 5.41) is 14.7. The summed E-state index contributed by atoms with van der Waals surface area (Å²) in [5.41, 5.74) is 4.00. The number of carbonyl (C=O) groups is 1. The van der Waals surface area contributed by atoms with Gasteiger partial charge >= 0.3 is 0 Å². The Morgan fingerprint density at radius 2 is 2.15 bits per heavy atom. The Bertz CT molecular complexity index is 1050. The van der Waals surface area contributed by atoms with Crippen molar-refractivity contribution in [2.75, 3.05) is 0 Å². The molecule has 8 nitrogen and oxygen atoms in total. The number of aromatic nitrogens is 1. The van der Waals surface area contributed by atoms with Gasteiger partial charge in [-0.3, -0.25) is 14.9 Å². The zero-order chi connectivity index (χ0) is 19.4. The van der Waals surface area contributed by atoms with Crippen LogP contribution >= 0.6 is 11.6 Å². The van der Waals surface area contributed by atoms with Gasteiger partial charge in [0.1, 0.15) is 16.7 Å². The highest BCUT2D eigenvalue weighted by Crippen LogP contribution is 2.28. The third-order valence-electron chi connectivity index (χ3n) is 3.67. The van der Waals surface area contributed by atoms with Crippen LogP contribution in [0.4, 0.5) is 5.69 Å². The zero-order valence-electron chi connectivity index (χ0n) is 14.0. The van der Waals surface area contributed by atoms with Gasteiger partial charge in [-0.25, -0.2) is 10.4 Å². The van der Waals surface area contributed by atoms with Crippen LogP contribution in [-0.2, 0) is 0 Å². The topological polar surface area (TPSA) is 111 Å². The first-order chi connectivity index (χ1) is 13.0. The average Bonchev–Trinajstić information content (AvgIpc) is 3.10. The molecule has 9 heteroatoms. The third-order valence-corrected chi connectivity index (χ3v) is 3.98. The molecular formula is C18H13ClN4O4. The van der Waals surface area contributed by atoms with Gasteiger partial charge in [-0.2, -0.15) is 5.10 Å². The van der Waals surface area contributed by atoms with E-state index in [2.05, 4.69) is 15.5 Å². The summed E-state index contributed by atoms with van der Waals surface area (Å²) in [7, 11) is 0. The molecule has 0 fully saturated rings. The van der Waals surface area contributed by atoms with Gasteiger partial charge in [-0.05, 0) is 42.8 Å². The van der Waals surface area contributed by atoms with E-state index in [1.54, 1.807) is 31.2 Å². The van der Waals surface area contributed by atoms with Gasteiger partial charge in [0.15, 0.2) is 0 Å². The van der Waals surface area contributed by atoms with Gasteiger partial charge in [0.2, 0.25) is 0 Å². The molecule has 27 heavy (non-hydrogen) atoms. The van der Waals surface area contributed by atoms with Crippen LogP contribution in [0, 0.1) is 17.0 Å². The Morgan fingerprint density at radius 3 is 2.85 bits per heavy atom.